The third-order valence-corrected chi connectivity index (χ3v) is 5.23. The second-order valence-corrected chi connectivity index (χ2v) is 6.61. The van der Waals surface area contributed by atoms with Crippen LogP contribution in [0.3, 0.4) is 0 Å². The van der Waals surface area contributed by atoms with Crippen molar-refractivity contribution in [2.24, 2.45) is 0 Å². The summed E-state index contributed by atoms with van der Waals surface area (Å²) < 4.78 is 13.6. The lowest BCUT2D eigenvalue weighted by Crippen LogP contribution is -2.37. The zero-order chi connectivity index (χ0) is 14.7. The topological polar surface area (TPSA) is 27.8 Å². The molecule has 1 spiro atoms. The summed E-state index contributed by atoms with van der Waals surface area (Å²) in [6.45, 7) is 0.975. The van der Waals surface area contributed by atoms with Gasteiger partial charge >= 0.3 is 0 Å². The molecule has 2 heterocycles. The van der Waals surface area contributed by atoms with Crippen LogP contribution in [0.2, 0.25) is 0 Å². The van der Waals surface area contributed by atoms with Crippen molar-refractivity contribution in [3.63, 3.8) is 0 Å². The van der Waals surface area contributed by atoms with Crippen LogP contribution >= 0.6 is 0 Å². The van der Waals surface area contributed by atoms with Crippen LogP contribution in [0.25, 0.3) is 10.9 Å². The molecule has 2 N–H and O–H groups in total. The molecule has 110 valence electrons. The van der Waals surface area contributed by atoms with Gasteiger partial charge in [0, 0.05) is 28.6 Å². The molecule has 1 aromatic heterocycles. The highest BCUT2D eigenvalue weighted by Crippen LogP contribution is 2.55. The lowest BCUT2D eigenvalue weighted by Gasteiger charge is -2.31. The van der Waals surface area contributed by atoms with Gasteiger partial charge in [-0.3, -0.25) is 0 Å². The number of fused-ring (bicyclic) bond motifs is 4. The van der Waals surface area contributed by atoms with Crippen molar-refractivity contribution >= 4 is 10.9 Å². The fourth-order valence-corrected chi connectivity index (χ4v) is 3.99. The number of para-hydroxylation sites is 1. The number of halogens is 1. The molecule has 1 atom stereocenters. The van der Waals surface area contributed by atoms with Gasteiger partial charge in [0.15, 0.2) is 0 Å². The van der Waals surface area contributed by atoms with E-state index in [1.54, 1.807) is 12.1 Å². The maximum atomic E-state index is 13.6. The number of hydrogen-bond acceptors (Lipinski definition) is 1. The van der Waals surface area contributed by atoms with E-state index in [1.807, 2.05) is 6.07 Å². The molecule has 0 bridgehead atoms. The predicted octanol–water partition coefficient (Wildman–Crippen LogP) is 4.03. The lowest BCUT2D eigenvalue weighted by molar-refractivity contribution is 0.479. The summed E-state index contributed by atoms with van der Waals surface area (Å²) in [6, 6.07) is 15.5. The van der Waals surface area contributed by atoms with Crippen molar-refractivity contribution in [1.29, 1.82) is 0 Å². The Morgan fingerprint density at radius 1 is 1.05 bits per heavy atom. The number of aromatic nitrogens is 1. The first kappa shape index (κ1) is 12.4. The second-order valence-electron chi connectivity index (χ2n) is 6.61. The van der Waals surface area contributed by atoms with E-state index in [-0.39, 0.29) is 11.9 Å². The number of aromatic amines is 1. The Kier molecular flexibility index (Phi) is 2.37. The van der Waals surface area contributed by atoms with Gasteiger partial charge in [-0.15, -0.1) is 0 Å². The Bertz CT molecular complexity index is 876. The molecule has 0 amide bonds. The van der Waals surface area contributed by atoms with E-state index in [9.17, 15) is 4.39 Å². The molecule has 0 saturated heterocycles. The average molecular weight is 292 g/mol. The van der Waals surface area contributed by atoms with Crippen LogP contribution in [-0.2, 0) is 5.41 Å². The Balaban J connectivity index is 1.75. The van der Waals surface area contributed by atoms with Gasteiger partial charge in [0.25, 0.3) is 0 Å². The average Bonchev–Trinajstić information content (AvgIpc) is 3.18. The highest BCUT2D eigenvalue weighted by atomic mass is 19.1. The Morgan fingerprint density at radius 2 is 1.91 bits per heavy atom. The Hall–Kier alpha value is -2.13. The van der Waals surface area contributed by atoms with E-state index in [1.165, 1.54) is 41.1 Å². The molecule has 22 heavy (non-hydrogen) atoms. The normalized spacial score (nSPS) is 22.0. The van der Waals surface area contributed by atoms with Gasteiger partial charge in [-0.2, -0.15) is 0 Å². The molecular weight excluding hydrogens is 275 g/mol. The van der Waals surface area contributed by atoms with Gasteiger partial charge in [-0.1, -0.05) is 30.3 Å². The largest absolute Gasteiger partial charge is 0.357 e. The van der Waals surface area contributed by atoms with Crippen LogP contribution < -0.4 is 5.32 Å². The van der Waals surface area contributed by atoms with Crippen molar-refractivity contribution in [1.82, 2.24) is 10.3 Å². The van der Waals surface area contributed by atoms with E-state index in [4.69, 9.17) is 0 Å². The number of rotatable bonds is 1. The molecule has 3 aromatic rings. The van der Waals surface area contributed by atoms with Crippen molar-refractivity contribution in [2.75, 3.05) is 6.54 Å². The van der Waals surface area contributed by atoms with Crippen LogP contribution in [0.1, 0.15) is 35.7 Å². The van der Waals surface area contributed by atoms with Crippen molar-refractivity contribution in [2.45, 2.75) is 24.3 Å². The molecule has 1 fully saturated rings. The fourth-order valence-electron chi connectivity index (χ4n) is 3.99. The molecular formula is C19H17FN2. The monoisotopic (exact) mass is 292 g/mol. The van der Waals surface area contributed by atoms with Crippen LogP contribution in [0.15, 0.2) is 48.5 Å². The maximum absolute atomic E-state index is 13.6. The Morgan fingerprint density at radius 3 is 2.73 bits per heavy atom. The van der Waals surface area contributed by atoms with E-state index < -0.39 is 0 Å². The lowest BCUT2D eigenvalue weighted by atomic mass is 9.85. The molecule has 5 rings (SSSR count). The first-order chi connectivity index (χ1) is 10.8. The van der Waals surface area contributed by atoms with Crippen molar-refractivity contribution in [3.05, 3.63) is 71.2 Å². The summed E-state index contributed by atoms with van der Waals surface area (Å²) in [5, 5.41) is 4.97. The van der Waals surface area contributed by atoms with Crippen molar-refractivity contribution in [3.8, 4) is 0 Å². The summed E-state index contributed by atoms with van der Waals surface area (Å²) in [5.74, 6) is -0.177. The highest BCUT2D eigenvalue weighted by molar-refractivity contribution is 5.87. The minimum Gasteiger partial charge on any atom is -0.357 e. The second kappa shape index (κ2) is 4.20. The minimum absolute atomic E-state index is 0.0457. The zero-order valence-electron chi connectivity index (χ0n) is 12.2. The molecule has 3 heteroatoms. The van der Waals surface area contributed by atoms with Gasteiger partial charge in [0.1, 0.15) is 5.82 Å². The van der Waals surface area contributed by atoms with E-state index in [2.05, 4.69) is 34.6 Å². The number of H-pyrrole nitrogens is 1. The van der Waals surface area contributed by atoms with E-state index in [0.29, 0.717) is 5.41 Å². The summed E-state index contributed by atoms with van der Waals surface area (Å²) in [4.78, 5) is 3.59. The molecule has 1 aliphatic heterocycles. The van der Waals surface area contributed by atoms with Gasteiger partial charge < -0.3 is 10.3 Å². The van der Waals surface area contributed by atoms with E-state index >= 15 is 0 Å². The SMILES string of the molecule is Fc1cccc(C2NCC3(CC3)c3c2[nH]c2ccccc32)c1. The first-order valence-electron chi connectivity index (χ1n) is 7.87. The molecule has 1 saturated carbocycles. The molecule has 1 aliphatic carbocycles. The van der Waals surface area contributed by atoms with Gasteiger partial charge in [0.05, 0.1) is 6.04 Å². The van der Waals surface area contributed by atoms with Gasteiger partial charge in [0.2, 0.25) is 0 Å². The minimum atomic E-state index is -0.177. The maximum Gasteiger partial charge on any atom is 0.123 e. The molecule has 1 unspecified atom stereocenters. The molecule has 2 aromatic carbocycles. The predicted molar refractivity (Wildman–Crippen MR) is 85.5 cm³/mol. The van der Waals surface area contributed by atoms with Crippen LogP contribution in [0.4, 0.5) is 4.39 Å². The number of hydrogen-bond donors (Lipinski definition) is 2. The van der Waals surface area contributed by atoms with E-state index in [0.717, 1.165) is 12.1 Å². The van der Waals surface area contributed by atoms with Crippen LogP contribution in [-0.4, -0.2) is 11.5 Å². The van der Waals surface area contributed by atoms with Crippen LogP contribution in [0, 0.1) is 5.82 Å². The zero-order valence-corrected chi connectivity index (χ0v) is 12.2. The van der Waals surface area contributed by atoms with Crippen LogP contribution in [0.5, 0.6) is 0 Å². The molecule has 0 radical (unpaired) electrons. The third-order valence-electron chi connectivity index (χ3n) is 5.23. The smallest absolute Gasteiger partial charge is 0.123 e. The standard InChI is InChI=1S/C19H17FN2/c20-13-5-3-4-12(10-13)17-18-16(19(8-9-19)11-21-17)14-6-1-2-7-15(14)22-18/h1-7,10,17,21-22H,8-9,11H2. The molecule has 2 aliphatic rings. The summed E-state index contributed by atoms with van der Waals surface area (Å²) >= 11 is 0. The first-order valence-corrected chi connectivity index (χ1v) is 7.87. The third kappa shape index (κ3) is 1.63. The van der Waals surface area contributed by atoms with Crippen molar-refractivity contribution < 1.29 is 4.39 Å². The fraction of sp³-hybridized carbons (Fsp3) is 0.263. The number of nitrogens with one attached hydrogen (secondary N) is 2. The molecule has 2 nitrogen and oxygen atoms in total. The quantitative estimate of drug-likeness (QED) is 0.696. The van der Waals surface area contributed by atoms with Gasteiger partial charge in [-0.05, 0) is 42.2 Å². The van der Waals surface area contributed by atoms with Gasteiger partial charge in [-0.25, -0.2) is 4.39 Å². The highest BCUT2D eigenvalue weighted by Gasteiger charge is 2.50. The summed E-state index contributed by atoms with van der Waals surface area (Å²) in [5.41, 5.74) is 5.14. The summed E-state index contributed by atoms with van der Waals surface area (Å²) in [6.07, 6.45) is 2.48. The Labute approximate surface area is 128 Å². The number of benzene rings is 2. The summed E-state index contributed by atoms with van der Waals surface area (Å²) in [7, 11) is 0.